The van der Waals surface area contributed by atoms with Gasteiger partial charge >= 0.3 is 5.97 Å². The van der Waals surface area contributed by atoms with Gasteiger partial charge in [0.25, 0.3) is 0 Å². The number of aliphatic carboxylic acids is 1. The second kappa shape index (κ2) is 7.48. The monoisotopic (exact) mass is 270 g/mol. The highest BCUT2D eigenvalue weighted by molar-refractivity contribution is 5.78. The van der Waals surface area contributed by atoms with Crippen LogP contribution in [0, 0.1) is 5.41 Å². The molecule has 19 heavy (non-hydrogen) atoms. The minimum absolute atomic E-state index is 0.0826. The number of rotatable bonds is 8. The number of carboxylic acid groups (broad SMARTS) is 1. The summed E-state index contributed by atoms with van der Waals surface area (Å²) in [5, 5.41) is 12.1. The topological polar surface area (TPSA) is 69.6 Å². The van der Waals surface area contributed by atoms with Crippen molar-refractivity contribution in [1.29, 1.82) is 0 Å². The number of hydrogen-bond acceptors (Lipinski definition) is 3. The number of carbonyl (C=O) groups excluding carboxylic acids is 1. The molecular formula is C14H26N2O3. The number of nitrogens with zero attached hydrogens (tertiary/aromatic N) is 1. The van der Waals surface area contributed by atoms with Crippen molar-refractivity contribution in [3.8, 4) is 0 Å². The molecule has 0 aromatic rings. The van der Waals surface area contributed by atoms with E-state index in [9.17, 15) is 9.59 Å². The molecule has 1 aliphatic rings. The van der Waals surface area contributed by atoms with Crippen LogP contribution in [0.25, 0.3) is 0 Å². The fraction of sp³-hybridized carbons (Fsp3) is 0.857. The number of carboxylic acids is 1. The van der Waals surface area contributed by atoms with Crippen LogP contribution in [0.5, 0.6) is 0 Å². The summed E-state index contributed by atoms with van der Waals surface area (Å²) >= 11 is 0. The molecule has 0 saturated heterocycles. The Bertz CT molecular complexity index is 312. The van der Waals surface area contributed by atoms with Gasteiger partial charge in [-0.2, -0.15) is 0 Å². The highest BCUT2D eigenvalue weighted by Crippen LogP contribution is 2.44. The quantitative estimate of drug-likeness (QED) is 0.655. The van der Waals surface area contributed by atoms with Crippen LogP contribution >= 0.6 is 0 Å². The zero-order valence-electron chi connectivity index (χ0n) is 12.1. The van der Waals surface area contributed by atoms with Crippen LogP contribution < -0.4 is 5.32 Å². The molecule has 1 amide bonds. The van der Waals surface area contributed by atoms with Gasteiger partial charge in [-0.1, -0.05) is 12.8 Å². The molecule has 110 valence electrons. The lowest BCUT2D eigenvalue weighted by molar-refractivity contribution is -0.141. The molecule has 0 bridgehead atoms. The molecule has 2 N–H and O–H groups in total. The third kappa shape index (κ3) is 5.19. The summed E-state index contributed by atoms with van der Waals surface area (Å²) in [5.74, 6) is -0.702. The van der Waals surface area contributed by atoms with Gasteiger partial charge in [-0.15, -0.1) is 0 Å². The Morgan fingerprint density at radius 1 is 1.26 bits per heavy atom. The minimum atomic E-state index is -0.785. The molecule has 0 radical (unpaired) electrons. The lowest BCUT2D eigenvalue weighted by Gasteiger charge is -2.29. The predicted octanol–water partition coefficient (Wildman–Crippen LogP) is 1.48. The zero-order valence-corrected chi connectivity index (χ0v) is 12.1. The largest absolute Gasteiger partial charge is 0.481 e. The highest BCUT2D eigenvalue weighted by atomic mass is 16.4. The summed E-state index contributed by atoms with van der Waals surface area (Å²) in [6, 6.07) is 0. The number of hydrogen-bond donors (Lipinski definition) is 2. The van der Waals surface area contributed by atoms with Gasteiger partial charge < -0.3 is 15.3 Å². The molecule has 1 fully saturated rings. The first kappa shape index (κ1) is 16.0. The SMILES string of the molecule is CNCCCN(C)C(=O)CC1(CC(=O)O)CCCC1. The van der Waals surface area contributed by atoms with Crippen LogP contribution in [0.2, 0.25) is 0 Å². The maximum atomic E-state index is 12.2. The van der Waals surface area contributed by atoms with Crippen molar-refractivity contribution in [2.75, 3.05) is 27.2 Å². The van der Waals surface area contributed by atoms with E-state index < -0.39 is 5.97 Å². The Hall–Kier alpha value is -1.10. The first-order valence-electron chi connectivity index (χ1n) is 7.09. The van der Waals surface area contributed by atoms with E-state index in [0.29, 0.717) is 6.42 Å². The van der Waals surface area contributed by atoms with Crippen molar-refractivity contribution in [3.05, 3.63) is 0 Å². The summed E-state index contributed by atoms with van der Waals surface area (Å²) < 4.78 is 0. The smallest absolute Gasteiger partial charge is 0.303 e. The van der Waals surface area contributed by atoms with Gasteiger partial charge in [0.05, 0.1) is 6.42 Å². The van der Waals surface area contributed by atoms with E-state index in [1.165, 1.54) is 0 Å². The first-order chi connectivity index (χ1) is 8.99. The van der Waals surface area contributed by atoms with Crippen LogP contribution in [-0.2, 0) is 9.59 Å². The molecule has 0 aromatic carbocycles. The lowest BCUT2D eigenvalue weighted by atomic mass is 9.79. The van der Waals surface area contributed by atoms with Crippen LogP contribution in [0.1, 0.15) is 44.9 Å². The number of nitrogens with one attached hydrogen (secondary N) is 1. The summed E-state index contributed by atoms with van der Waals surface area (Å²) in [4.78, 5) is 24.9. The van der Waals surface area contributed by atoms with Gasteiger partial charge in [0, 0.05) is 20.0 Å². The van der Waals surface area contributed by atoms with E-state index >= 15 is 0 Å². The first-order valence-corrected chi connectivity index (χ1v) is 7.09. The van der Waals surface area contributed by atoms with Crippen molar-refractivity contribution in [2.24, 2.45) is 5.41 Å². The Morgan fingerprint density at radius 3 is 2.42 bits per heavy atom. The fourth-order valence-corrected chi connectivity index (χ4v) is 2.94. The minimum Gasteiger partial charge on any atom is -0.481 e. The molecule has 5 nitrogen and oxygen atoms in total. The molecule has 1 rings (SSSR count). The van der Waals surface area contributed by atoms with Gasteiger partial charge in [-0.3, -0.25) is 9.59 Å². The zero-order chi connectivity index (χ0) is 14.3. The van der Waals surface area contributed by atoms with Crippen LogP contribution in [0.3, 0.4) is 0 Å². The third-order valence-corrected chi connectivity index (χ3v) is 4.06. The average Bonchev–Trinajstić information content (AvgIpc) is 2.76. The van der Waals surface area contributed by atoms with Gasteiger partial charge in [-0.25, -0.2) is 0 Å². The maximum absolute atomic E-state index is 12.2. The normalized spacial score (nSPS) is 17.4. The van der Waals surface area contributed by atoms with Crippen molar-refractivity contribution in [2.45, 2.75) is 44.9 Å². The van der Waals surface area contributed by atoms with E-state index in [1.54, 1.807) is 11.9 Å². The summed E-state index contributed by atoms with van der Waals surface area (Å²) in [5.41, 5.74) is -0.291. The molecule has 0 aliphatic heterocycles. The fourth-order valence-electron chi connectivity index (χ4n) is 2.94. The van der Waals surface area contributed by atoms with Gasteiger partial charge in [0.2, 0.25) is 5.91 Å². The molecule has 0 aromatic heterocycles. The molecule has 0 unspecified atom stereocenters. The second-order valence-corrected chi connectivity index (χ2v) is 5.73. The molecule has 0 atom stereocenters. The molecule has 5 heteroatoms. The lowest BCUT2D eigenvalue weighted by Crippen LogP contribution is -2.34. The predicted molar refractivity (Wildman–Crippen MR) is 74.0 cm³/mol. The average molecular weight is 270 g/mol. The van der Waals surface area contributed by atoms with Gasteiger partial charge in [0.15, 0.2) is 0 Å². The summed E-state index contributed by atoms with van der Waals surface area (Å²) in [6.45, 7) is 1.61. The van der Waals surface area contributed by atoms with Crippen LogP contribution in [0.15, 0.2) is 0 Å². The van der Waals surface area contributed by atoms with E-state index in [2.05, 4.69) is 5.32 Å². The van der Waals surface area contributed by atoms with Crippen molar-refractivity contribution in [3.63, 3.8) is 0 Å². The Morgan fingerprint density at radius 2 is 1.89 bits per heavy atom. The molecule has 1 aliphatic carbocycles. The number of carbonyl (C=O) groups is 2. The summed E-state index contributed by atoms with van der Waals surface area (Å²) in [6.07, 6.45) is 5.27. The Kier molecular flexibility index (Phi) is 6.28. The van der Waals surface area contributed by atoms with Crippen molar-refractivity contribution < 1.29 is 14.7 Å². The van der Waals surface area contributed by atoms with Gasteiger partial charge in [-0.05, 0) is 38.3 Å². The van der Waals surface area contributed by atoms with Crippen molar-refractivity contribution >= 4 is 11.9 Å². The standard InChI is InChI=1S/C14H26N2O3/c1-15-8-5-9-16(2)12(17)10-14(11-13(18)19)6-3-4-7-14/h15H,3-11H2,1-2H3,(H,18,19). The van der Waals surface area contributed by atoms with E-state index in [0.717, 1.165) is 45.2 Å². The maximum Gasteiger partial charge on any atom is 0.303 e. The molecule has 1 saturated carbocycles. The van der Waals surface area contributed by atoms with Crippen LogP contribution in [0.4, 0.5) is 0 Å². The third-order valence-electron chi connectivity index (χ3n) is 4.06. The highest BCUT2D eigenvalue weighted by Gasteiger charge is 2.38. The molecule has 0 heterocycles. The van der Waals surface area contributed by atoms with Crippen LogP contribution in [-0.4, -0.2) is 49.1 Å². The summed E-state index contributed by atoms with van der Waals surface area (Å²) in [7, 11) is 3.70. The van der Waals surface area contributed by atoms with Gasteiger partial charge in [0.1, 0.15) is 0 Å². The van der Waals surface area contributed by atoms with E-state index in [4.69, 9.17) is 5.11 Å². The number of amides is 1. The Labute approximate surface area is 115 Å². The molecule has 0 spiro atoms. The molecular weight excluding hydrogens is 244 g/mol. The van der Waals surface area contributed by atoms with E-state index in [-0.39, 0.29) is 17.7 Å². The second-order valence-electron chi connectivity index (χ2n) is 5.73. The van der Waals surface area contributed by atoms with E-state index in [1.807, 2.05) is 7.05 Å². The Balaban J connectivity index is 2.49. The van der Waals surface area contributed by atoms with Crippen molar-refractivity contribution in [1.82, 2.24) is 10.2 Å².